The highest BCUT2D eigenvalue weighted by Gasteiger charge is 2.23. The summed E-state index contributed by atoms with van der Waals surface area (Å²) >= 11 is 5.04. The summed E-state index contributed by atoms with van der Waals surface area (Å²) in [6, 6.07) is 17.5. The summed E-state index contributed by atoms with van der Waals surface area (Å²) in [5.41, 5.74) is 3.12. The summed E-state index contributed by atoms with van der Waals surface area (Å²) < 4.78 is 2.13. The van der Waals surface area contributed by atoms with Crippen LogP contribution in [-0.2, 0) is 0 Å². The van der Waals surface area contributed by atoms with Gasteiger partial charge >= 0.3 is 0 Å². The van der Waals surface area contributed by atoms with Crippen LogP contribution in [-0.4, -0.2) is 33.0 Å². The van der Waals surface area contributed by atoms with Crippen LogP contribution in [0.4, 0.5) is 0 Å². The van der Waals surface area contributed by atoms with E-state index in [0.717, 1.165) is 31.0 Å². The number of halogens is 1. The largest absolute Gasteiger partial charge is 0.331 e. The van der Waals surface area contributed by atoms with E-state index >= 15 is 0 Å². The molecule has 1 amide bonds. The molecule has 27 heavy (non-hydrogen) atoms. The SMILES string of the molecule is CC(c1nc2ccccc2s1)N(C)C(=O)c1cc(-c2ccc(Br)cc2)n[nH]1. The number of benzene rings is 2. The molecule has 2 aromatic heterocycles. The first kappa shape index (κ1) is 17.9. The normalized spacial score (nSPS) is 12.3. The van der Waals surface area contributed by atoms with Crippen molar-refractivity contribution in [2.45, 2.75) is 13.0 Å². The summed E-state index contributed by atoms with van der Waals surface area (Å²) in [5, 5.41) is 8.06. The maximum Gasteiger partial charge on any atom is 0.272 e. The summed E-state index contributed by atoms with van der Waals surface area (Å²) in [5.74, 6) is -0.113. The van der Waals surface area contributed by atoms with Crippen LogP contribution in [0.5, 0.6) is 0 Å². The highest BCUT2D eigenvalue weighted by atomic mass is 79.9. The number of carbonyl (C=O) groups is 1. The number of aromatic amines is 1. The smallest absolute Gasteiger partial charge is 0.272 e. The minimum absolute atomic E-state index is 0.113. The van der Waals surface area contributed by atoms with Crippen LogP contribution in [0.15, 0.2) is 59.1 Å². The third kappa shape index (κ3) is 3.52. The zero-order chi connectivity index (χ0) is 19.0. The van der Waals surface area contributed by atoms with Gasteiger partial charge in [0.1, 0.15) is 10.7 Å². The summed E-state index contributed by atoms with van der Waals surface area (Å²) in [7, 11) is 1.79. The zero-order valence-electron chi connectivity index (χ0n) is 14.8. The molecule has 0 saturated carbocycles. The Labute approximate surface area is 169 Å². The number of nitrogens with one attached hydrogen (secondary N) is 1. The molecule has 2 heterocycles. The summed E-state index contributed by atoms with van der Waals surface area (Å²) in [6.45, 7) is 1.99. The Morgan fingerprint density at radius 1 is 1.19 bits per heavy atom. The van der Waals surface area contributed by atoms with Crippen molar-refractivity contribution >= 4 is 43.4 Å². The molecule has 1 N–H and O–H groups in total. The topological polar surface area (TPSA) is 61.9 Å². The van der Waals surface area contributed by atoms with E-state index in [4.69, 9.17) is 0 Å². The highest BCUT2D eigenvalue weighted by molar-refractivity contribution is 9.10. The van der Waals surface area contributed by atoms with Gasteiger partial charge < -0.3 is 4.90 Å². The summed E-state index contributed by atoms with van der Waals surface area (Å²) in [6.07, 6.45) is 0. The van der Waals surface area contributed by atoms with Crippen LogP contribution in [0.3, 0.4) is 0 Å². The quantitative estimate of drug-likeness (QED) is 0.469. The molecule has 1 atom stereocenters. The number of fused-ring (bicyclic) bond motifs is 1. The number of aromatic nitrogens is 3. The van der Waals surface area contributed by atoms with Crippen LogP contribution in [0.1, 0.15) is 28.5 Å². The lowest BCUT2D eigenvalue weighted by Crippen LogP contribution is -2.29. The average molecular weight is 441 g/mol. The van der Waals surface area contributed by atoms with Gasteiger partial charge in [0, 0.05) is 17.1 Å². The fourth-order valence-corrected chi connectivity index (χ4v) is 4.13. The van der Waals surface area contributed by atoms with Gasteiger partial charge in [-0.05, 0) is 37.3 Å². The van der Waals surface area contributed by atoms with Gasteiger partial charge in [-0.2, -0.15) is 5.10 Å². The molecule has 4 aromatic rings. The van der Waals surface area contributed by atoms with Crippen molar-refractivity contribution in [3.05, 3.63) is 69.8 Å². The van der Waals surface area contributed by atoms with Gasteiger partial charge in [0.05, 0.1) is 22.0 Å². The lowest BCUT2D eigenvalue weighted by molar-refractivity contribution is 0.0736. The van der Waals surface area contributed by atoms with Crippen molar-refractivity contribution in [3.8, 4) is 11.3 Å². The van der Waals surface area contributed by atoms with Gasteiger partial charge in [0.25, 0.3) is 5.91 Å². The molecule has 7 heteroatoms. The molecule has 4 rings (SSSR count). The van der Waals surface area contributed by atoms with Crippen LogP contribution in [0.2, 0.25) is 0 Å². The van der Waals surface area contributed by atoms with Gasteiger partial charge in [-0.3, -0.25) is 9.89 Å². The molecule has 0 aliphatic heterocycles. The van der Waals surface area contributed by atoms with Crippen molar-refractivity contribution in [3.63, 3.8) is 0 Å². The molecule has 5 nitrogen and oxygen atoms in total. The number of amides is 1. The molecular weight excluding hydrogens is 424 g/mol. The molecule has 1 unspecified atom stereocenters. The first-order valence-electron chi connectivity index (χ1n) is 8.47. The Balaban J connectivity index is 1.55. The van der Waals surface area contributed by atoms with Crippen molar-refractivity contribution in [1.82, 2.24) is 20.1 Å². The first-order chi connectivity index (χ1) is 13.0. The van der Waals surface area contributed by atoms with Gasteiger partial charge in [0.15, 0.2) is 0 Å². The maximum atomic E-state index is 12.9. The molecule has 136 valence electrons. The third-order valence-corrected chi connectivity index (χ3v) is 6.25. The van der Waals surface area contributed by atoms with Crippen LogP contribution in [0, 0.1) is 0 Å². The van der Waals surface area contributed by atoms with E-state index in [1.165, 1.54) is 0 Å². The lowest BCUT2D eigenvalue weighted by atomic mass is 10.1. The number of rotatable bonds is 4. The van der Waals surface area contributed by atoms with E-state index < -0.39 is 0 Å². The van der Waals surface area contributed by atoms with E-state index in [0.29, 0.717) is 5.69 Å². The van der Waals surface area contributed by atoms with E-state index in [2.05, 4.69) is 31.1 Å². The van der Waals surface area contributed by atoms with Crippen LogP contribution < -0.4 is 0 Å². The fourth-order valence-electron chi connectivity index (χ4n) is 2.80. The average Bonchev–Trinajstić information content (AvgIpc) is 3.34. The van der Waals surface area contributed by atoms with Crippen molar-refractivity contribution in [1.29, 1.82) is 0 Å². The number of hydrogen-bond donors (Lipinski definition) is 1. The number of thiazole rings is 1. The number of nitrogens with zero attached hydrogens (tertiary/aromatic N) is 3. The first-order valence-corrected chi connectivity index (χ1v) is 10.1. The lowest BCUT2D eigenvalue weighted by Gasteiger charge is -2.22. The molecule has 0 aliphatic rings. The third-order valence-electron chi connectivity index (χ3n) is 4.52. The Morgan fingerprint density at radius 2 is 1.93 bits per heavy atom. The highest BCUT2D eigenvalue weighted by Crippen LogP contribution is 2.29. The number of para-hydroxylation sites is 1. The second kappa shape index (κ2) is 7.25. The van der Waals surface area contributed by atoms with E-state index in [9.17, 15) is 4.79 Å². The summed E-state index contributed by atoms with van der Waals surface area (Å²) in [4.78, 5) is 19.3. The molecule has 0 spiro atoms. The van der Waals surface area contributed by atoms with Gasteiger partial charge in [-0.15, -0.1) is 11.3 Å². The predicted octanol–water partition coefficient (Wildman–Crippen LogP) is 5.28. The zero-order valence-corrected chi connectivity index (χ0v) is 17.2. The van der Waals surface area contributed by atoms with Crippen molar-refractivity contribution in [2.75, 3.05) is 7.05 Å². The van der Waals surface area contributed by atoms with Gasteiger partial charge in [0.2, 0.25) is 0 Å². The monoisotopic (exact) mass is 440 g/mol. The predicted molar refractivity (Wildman–Crippen MR) is 112 cm³/mol. The second-order valence-electron chi connectivity index (χ2n) is 6.29. The van der Waals surface area contributed by atoms with Crippen molar-refractivity contribution in [2.24, 2.45) is 0 Å². The minimum Gasteiger partial charge on any atom is -0.331 e. The minimum atomic E-state index is -0.130. The maximum absolute atomic E-state index is 12.9. The number of H-pyrrole nitrogens is 1. The number of hydrogen-bond acceptors (Lipinski definition) is 4. The molecule has 0 saturated heterocycles. The van der Waals surface area contributed by atoms with E-state index in [1.54, 1.807) is 29.4 Å². The molecule has 0 fully saturated rings. The van der Waals surface area contributed by atoms with Crippen LogP contribution >= 0.6 is 27.3 Å². The van der Waals surface area contributed by atoms with Gasteiger partial charge in [-0.1, -0.05) is 40.2 Å². The molecule has 0 aliphatic carbocycles. The van der Waals surface area contributed by atoms with Crippen molar-refractivity contribution < 1.29 is 4.79 Å². The van der Waals surface area contributed by atoms with Gasteiger partial charge in [-0.25, -0.2) is 4.98 Å². The molecule has 0 bridgehead atoms. The Bertz CT molecular complexity index is 1070. The standard InChI is InChI=1S/C20H17BrN4OS/c1-12(19-22-15-5-3-4-6-18(15)27-19)25(2)20(26)17-11-16(23-24-17)13-7-9-14(21)10-8-13/h3-12H,1-2H3,(H,23,24). The second-order valence-corrected chi connectivity index (χ2v) is 8.26. The van der Waals surface area contributed by atoms with E-state index in [1.807, 2.05) is 55.5 Å². The Morgan fingerprint density at radius 3 is 2.67 bits per heavy atom. The molecule has 2 aromatic carbocycles. The Kier molecular flexibility index (Phi) is 4.80. The molecule has 0 radical (unpaired) electrons. The molecular formula is C20H17BrN4OS. The Hall–Kier alpha value is -2.51. The fraction of sp³-hybridized carbons (Fsp3) is 0.150. The van der Waals surface area contributed by atoms with E-state index in [-0.39, 0.29) is 11.9 Å². The number of carbonyl (C=O) groups excluding carboxylic acids is 1. The van der Waals surface area contributed by atoms with Crippen LogP contribution in [0.25, 0.3) is 21.5 Å².